The van der Waals surface area contributed by atoms with Gasteiger partial charge in [0.05, 0.1) is 60.5 Å². The minimum atomic E-state index is 0.00893. The van der Waals surface area contributed by atoms with Crippen molar-refractivity contribution >= 4 is 39.3 Å². The van der Waals surface area contributed by atoms with E-state index in [9.17, 15) is 5.11 Å². The Morgan fingerprint density at radius 2 is 2.00 bits per heavy atom. The number of halogens is 1. The van der Waals surface area contributed by atoms with Crippen molar-refractivity contribution in [2.45, 2.75) is 53.8 Å². The molecule has 0 aliphatic heterocycles. The number of hydrogen-bond acceptors (Lipinski definition) is 8. The largest absolute Gasteiger partial charge is 0.477 e. The van der Waals surface area contributed by atoms with E-state index in [1.807, 2.05) is 49.2 Å². The van der Waals surface area contributed by atoms with Gasteiger partial charge < -0.3 is 14.6 Å². The minimum absolute atomic E-state index is 0.00893. The molecule has 4 aromatic rings. The van der Waals surface area contributed by atoms with Gasteiger partial charge in [0.1, 0.15) is 12.3 Å². The van der Waals surface area contributed by atoms with E-state index in [-0.39, 0.29) is 12.6 Å². The molecule has 1 unspecified atom stereocenters. The molecule has 0 spiro atoms. The molecule has 0 saturated heterocycles. The standard InChI is InChI=1S/C27H36IN8O3P/c1-8-21-20-14-22(29-15-23(20)36(31-21)40-28)25-19(6)30-33(7)27(25)39-13-11-34(17(3)4)16-24-18(5)26(38-9-2)32-35(24)10-12-37/h1,14-15,17,37,40H,9-13,16H2,2-7H3. The number of aromatic nitrogens is 7. The van der Waals surface area contributed by atoms with Gasteiger partial charge in [-0.1, -0.05) is 0 Å². The number of aliphatic hydroxyl groups is 1. The van der Waals surface area contributed by atoms with E-state index >= 15 is 0 Å². The quantitative estimate of drug-likeness (QED) is 0.128. The van der Waals surface area contributed by atoms with Crippen LogP contribution in [0.3, 0.4) is 0 Å². The number of fused-ring (bicyclic) bond motifs is 1. The van der Waals surface area contributed by atoms with Gasteiger partial charge in [-0.15, -0.1) is 11.5 Å². The number of ether oxygens (including phenoxy) is 2. The molecular formula is C27H36IN8O3P. The zero-order chi connectivity index (χ0) is 29.0. The predicted molar refractivity (Wildman–Crippen MR) is 166 cm³/mol. The lowest BCUT2D eigenvalue weighted by Crippen LogP contribution is -2.35. The Morgan fingerprint density at radius 3 is 2.65 bits per heavy atom. The first-order chi connectivity index (χ1) is 19.2. The highest BCUT2D eigenvalue weighted by Gasteiger charge is 2.22. The summed E-state index contributed by atoms with van der Waals surface area (Å²) < 4.78 is 17.6. The molecule has 1 N–H and O–H groups in total. The highest BCUT2D eigenvalue weighted by molar-refractivity contribution is 14.2. The minimum Gasteiger partial charge on any atom is -0.477 e. The van der Waals surface area contributed by atoms with Crippen molar-refractivity contribution < 1.29 is 14.6 Å². The highest BCUT2D eigenvalue weighted by atomic mass is 127. The normalized spacial score (nSPS) is 11.9. The maximum Gasteiger partial charge on any atom is 0.236 e. The molecule has 11 nitrogen and oxygen atoms in total. The Morgan fingerprint density at radius 1 is 1.23 bits per heavy atom. The van der Waals surface area contributed by atoms with E-state index in [2.05, 4.69) is 62.0 Å². The van der Waals surface area contributed by atoms with Gasteiger partial charge in [-0.3, -0.25) is 14.6 Å². The van der Waals surface area contributed by atoms with Crippen LogP contribution >= 0.6 is 28.4 Å². The van der Waals surface area contributed by atoms with Crippen LogP contribution in [0.15, 0.2) is 12.3 Å². The first kappa shape index (κ1) is 30.2. The summed E-state index contributed by atoms with van der Waals surface area (Å²) in [5, 5.41) is 24.2. The molecule has 4 aromatic heterocycles. The number of hydrogen-bond donors (Lipinski definition) is 1. The third-order valence-electron chi connectivity index (χ3n) is 6.78. The van der Waals surface area contributed by atoms with Crippen LogP contribution in [0.4, 0.5) is 0 Å². The average molecular weight is 679 g/mol. The van der Waals surface area contributed by atoms with E-state index in [0.29, 0.717) is 56.7 Å². The van der Waals surface area contributed by atoms with Crippen LogP contribution in [0, 0.1) is 26.2 Å². The van der Waals surface area contributed by atoms with Crippen LogP contribution < -0.4 is 9.47 Å². The highest BCUT2D eigenvalue weighted by Crippen LogP contribution is 2.36. The van der Waals surface area contributed by atoms with Crippen molar-refractivity contribution in [1.29, 1.82) is 0 Å². The van der Waals surface area contributed by atoms with Crippen molar-refractivity contribution in [2.24, 2.45) is 7.05 Å². The summed E-state index contributed by atoms with van der Waals surface area (Å²) in [5.41, 5.74) is 5.93. The van der Waals surface area contributed by atoms with Gasteiger partial charge in [0.2, 0.25) is 11.8 Å². The maximum atomic E-state index is 9.57. The van der Waals surface area contributed by atoms with E-state index < -0.39 is 0 Å². The zero-order valence-corrected chi connectivity index (χ0v) is 26.9. The Bertz CT molecular complexity index is 1520. The second-order valence-corrected chi connectivity index (χ2v) is 11.7. The fourth-order valence-electron chi connectivity index (χ4n) is 4.71. The molecule has 0 radical (unpaired) electrons. The second kappa shape index (κ2) is 13.3. The first-order valence-electron chi connectivity index (χ1n) is 13.2. The fraction of sp³-hybridized carbons (Fsp3) is 0.481. The predicted octanol–water partition coefficient (Wildman–Crippen LogP) is 4.10. The summed E-state index contributed by atoms with van der Waals surface area (Å²) in [5.74, 6) is 3.96. The number of nitrogens with zero attached hydrogens (tertiary/aromatic N) is 8. The van der Waals surface area contributed by atoms with Crippen molar-refractivity contribution in [3.05, 3.63) is 34.9 Å². The summed E-state index contributed by atoms with van der Waals surface area (Å²) >= 11 is 2.28. The fourth-order valence-corrected chi connectivity index (χ4v) is 6.22. The molecule has 40 heavy (non-hydrogen) atoms. The second-order valence-electron chi connectivity index (χ2n) is 9.63. The monoisotopic (exact) mass is 678 g/mol. The van der Waals surface area contributed by atoms with Crippen LogP contribution in [0.1, 0.15) is 43.4 Å². The van der Waals surface area contributed by atoms with Gasteiger partial charge in [-0.25, -0.2) is 9.13 Å². The molecule has 1 atom stereocenters. The molecule has 0 aromatic carbocycles. The van der Waals surface area contributed by atoms with E-state index in [4.69, 9.17) is 20.9 Å². The lowest BCUT2D eigenvalue weighted by molar-refractivity contribution is 0.158. The number of rotatable bonds is 13. The summed E-state index contributed by atoms with van der Waals surface area (Å²) in [7, 11) is 1.87. The van der Waals surface area contributed by atoms with Gasteiger partial charge in [-0.2, -0.15) is 10.2 Å². The summed E-state index contributed by atoms with van der Waals surface area (Å²) in [6.07, 6.45) is 7.98. The van der Waals surface area contributed by atoms with E-state index in [1.165, 1.54) is 0 Å². The first-order valence-corrected chi connectivity index (χ1v) is 17.2. The molecule has 0 amide bonds. The lowest BCUT2D eigenvalue weighted by Gasteiger charge is -2.27. The van der Waals surface area contributed by atoms with Crippen molar-refractivity contribution in [3.63, 3.8) is 0 Å². The number of pyridine rings is 1. The average Bonchev–Trinajstić information content (AvgIpc) is 3.53. The third kappa shape index (κ3) is 6.12. The van der Waals surface area contributed by atoms with Crippen molar-refractivity contribution in [3.8, 4) is 35.4 Å². The Balaban J connectivity index is 1.56. The van der Waals surface area contributed by atoms with Crippen LogP contribution in [0.5, 0.6) is 11.8 Å². The molecule has 4 heterocycles. The number of terminal acetylenes is 1. The molecule has 0 aliphatic rings. The van der Waals surface area contributed by atoms with E-state index in [0.717, 1.165) is 39.1 Å². The number of aliphatic hydroxyl groups excluding tert-OH is 1. The molecule has 4 rings (SSSR count). The maximum absolute atomic E-state index is 9.57. The molecular weight excluding hydrogens is 642 g/mol. The van der Waals surface area contributed by atoms with Gasteiger partial charge in [0, 0.05) is 37.1 Å². The van der Waals surface area contributed by atoms with Crippen LogP contribution in [0.25, 0.3) is 22.2 Å². The molecule has 214 valence electrons. The van der Waals surface area contributed by atoms with Crippen LogP contribution in [0.2, 0.25) is 0 Å². The smallest absolute Gasteiger partial charge is 0.236 e. The van der Waals surface area contributed by atoms with Gasteiger partial charge >= 0.3 is 0 Å². The zero-order valence-electron chi connectivity index (χ0n) is 23.8. The molecule has 13 heteroatoms. The van der Waals surface area contributed by atoms with Crippen molar-refractivity contribution in [1.82, 2.24) is 39.0 Å². The van der Waals surface area contributed by atoms with Crippen molar-refractivity contribution in [2.75, 3.05) is 26.4 Å². The molecule has 0 saturated carbocycles. The van der Waals surface area contributed by atoms with E-state index in [1.54, 1.807) is 4.68 Å². The summed E-state index contributed by atoms with van der Waals surface area (Å²) in [6.45, 7) is 13.0. The molecule has 0 bridgehead atoms. The third-order valence-corrected chi connectivity index (χ3v) is 8.65. The van der Waals surface area contributed by atoms with Crippen LogP contribution in [-0.4, -0.2) is 76.5 Å². The summed E-state index contributed by atoms with van der Waals surface area (Å²) in [4.78, 5) is 7.05. The number of aryl methyl sites for hydroxylation is 2. The Hall–Kier alpha value is -2.72. The van der Waals surface area contributed by atoms with Gasteiger partial charge in [0.25, 0.3) is 0 Å². The molecule has 0 fully saturated rings. The van der Waals surface area contributed by atoms with Crippen LogP contribution in [-0.2, 0) is 20.1 Å². The summed E-state index contributed by atoms with van der Waals surface area (Å²) in [6, 6.07) is 2.23. The van der Waals surface area contributed by atoms with Gasteiger partial charge in [0.15, 0.2) is 0 Å². The molecule has 0 aliphatic carbocycles. The topological polar surface area (TPSA) is 108 Å². The lowest BCUT2D eigenvalue weighted by atomic mass is 10.1. The SMILES string of the molecule is C#Cc1nn(PI)c2cnc(-c3c(C)nn(C)c3OCCN(Cc3c(C)c(OCC)nn3CCO)C(C)C)cc12. The Labute approximate surface area is 249 Å². The van der Waals surface area contributed by atoms with Gasteiger partial charge in [-0.05, 0) is 68.6 Å². The Kier molecular flexibility index (Phi) is 10.1.